The number of halogens is 3. The number of hydrogen-bond acceptors (Lipinski definition) is 1. The summed E-state index contributed by atoms with van der Waals surface area (Å²) >= 11 is 10.3. The van der Waals surface area contributed by atoms with Gasteiger partial charge in [0.05, 0.1) is 8.95 Å². The predicted molar refractivity (Wildman–Crippen MR) is 69.9 cm³/mol. The number of benzene rings is 1. The smallest absolute Gasteiger partial charge is 0.148 e. The molecule has 1 rings (SSSR count). The van der Waals surface area contributed by atoms with E-state index in [1.54, 1.807) is 0 Å². The quantitative estimate of drug-likeness (QED) is 0.671. The van der Waals surface area contributed by atoms with Crippen LogP contribution in [-0.4, -0.2) is 6.61 Å². The SMILES string of the molecule is C=C(C)COc1c(Br)cc(Br)cc1Br. The Morgan fingerprint density at radius 1 is 1.29 bits per heavy atom. The summed E-state index contributed by atoms with van der Waals surface area (Å²) in [5, 5.41) is 0. The zero-order valence-corrected chi connectivity index (χ0v) is 12.4. The van der Waals surface area contributed by atoms with Gasteiger partial charge in [0.15, 0.2) is 0 Å². The van der Waals surface area contributed by atoms with E-state index < -0.39 is 0 Å². The van der Waals surface area contributed by atoms with Crippen LogP contribution < -0.4 is 4.74 Å². The van der Waals surface area contributed by atoms with E-state index in [9.17, 15) is 0 Å². The molecule has 0 radical (unpaired) electrons. The van der Waals surface area contributed by atoms with Crippen molar-refractivity contribution in [2.75, 3.05) is 6.61 Å². The van der Waals surface area contributed by atoms with Crippen molar-refractivity contribution in [2.24, 2.45) is 0 Å². The summed E-state index contributed by atoms with van der Waals surface area (Å²) in [6.45, 7) is 6.24. The van der Waals surface area contributed by atoms with E-state index in [0.717, 1.165) is 24.7 Å². The molecular weight excluding hydrogens is 376 g/mol. The van der Waals surface area contributed by atoms with Crippen LogP contribution in [0.1, 0.15) is 6.92 Å². The lowest BCUT2D eigenvalue weighted by Crippen LogP contribution is -1.98. The second-order valence-electron chi connectivity index (χ2n) is 2.94. The monoisotopic (exact) mass is 382 g/mol. The molecule has 0 saturated carbocycles. The Kier molecular flexibility index (Phi) is 4.67. The molecule has 0 bridgehead atoms. The van der Waals surface area contributed by atoms with Gasteiger partial charge < -0.3 is 4.74 Å². The molecule has 1 aromatic rings. The first kappa shape index (κ1) is 12.3. The maximum atomic E-state index is 5.57. The third kappa shape index (κ3) is 3.41. The highest BCUT2D eigenvalue weighted by Gasteiger charge is 2.07. The van der Waals surface area contributed by atoms with Crippen LogP contribution >= 0.6 is 47.8 Å². The second-order valence-corrected chi connectivity index (χ2v) is 5.57. The molecule has 14 heavy (non-hydrogen) atoms. The molecule has 0 saturated heterocycles. The highest BCUT2D eigenvalue weighted by molar-refractivity contribution is 9.11. The van der Waals surface area contributed by atoms with Gasteiger partial charge in [-0.25, -0.2) is 0 Å². The molecule has 1 aromatic carbocycles. The zero-order valence-electron chi connectivity index (χ0n) is 7.61. The molecule has 0 atom stereocenters. The molecule has 0 spiro atoms. The summed E-state index contributed by atoms with van der Waals surface area (Å²) in [7, 11) is 0. The molecule has 4 heteroatoms. The van der Waals surface area contributed by atoms with E-state index in [2.05, 4.69) is 54.4 Å². The van der Waals surface area contributed by atoms with Crippen molar-refractivity contribution in [3.63, 3.8) is 0 Å². The van der Waals surface area contributed by atoms with Crippen LogP contribution in [0.5, 0.6) is 5.75 Å². The topological polar surface area (TPSA) is 9.23 Å². The standard InChI is InChI=1S/C10H9Br3O/c1-6(2)5-14-10-8(12)3-7(11)4-9(10)13/h3-4H,1,5H2,2H3. The molecule has 0 aliphatic carbocycles. The Morgan fingerprint density at radius 3 is 2.21 bits per heavy atom. The summed E-state index contributed by atoms with van der Waals surface area (Å²) in [6.07, 6.45) is 0. The van der Waals surface area contributed by atoms with Crippen molar-refractivity contribution in [1.29, 1.82) is 0 Å². The summed E-state index contributed by atoms with van der Waals surface area (Å²) in [5.74, 6) is 0.802. The highest BCUT2D eigenvalue weighted by atomic mass is 79.9. The lowest BCUT2D eigenvalue weighted by molar-refractivity contribution is 0.348. The van der Waals surface area contributed by atoms with Crippen molar-refractivity contribution in [2.45, 2.75) is 6.92 Å². The Balaban J connectivity index is 2.91. The molecule has 0 aromatic heterocycles. The second kappa shape index (κ2) is 5.33. The fourth-order valence-electron chi connectivity index (χ4n) is 0.862. The third-order valence-electron chi connectivity index (χ3n) is 1.43. The molecule has 0 fully saturated rings. The number of ether oxygens (including phenoxy) is 1. The fourth-order valence-corrected chi connectivity index (χ4v) is 3.35. The third-order valence-corrected chi connectivity index (χ3v) is 3.06. The van der Waals surface area contributed by atoms with Gasteiger partial charge in [-0.15, -0.1) is 0 Å². The van der Waals surface area contributed by atoms with Crippen molar-refractivity contribution in [1.82, 2.24) is 0 Å². The van der Waals surface area contributed by atoms with Crippen LogP contribution in [0, 0.1) is 0 Å². The minimum absolute atomic E-state index is 0.527. The first-order valence-corrected chi connectivity index (χ1v) is 6.30. The Morgan fingerprint density at radius 2 is 1.79 bits per heavy atom. The lowest BCUT2D eigenvalue weighted by Gasteiger charge is -2.10. The van der Waals surface area contributed by atoms with E-state index in [1.807, 2.05) is 19.1 Å². The van der Waals surface area contributed by atoms with Crippen LogP contribution in [0.2, 0.25) is 0 Å². The van der Waals surface area contributed by atoms with Gasteiger partial charge in [-0.2, -0.15) is 0 Å². The van der Waals surface area contributed by atoms with E-state index >= 15 is 0 Å². The van der Waals surface area contributed by atoms with E-state index in [4.69, 9.17) is 4.74 Å². The van der Waals surface area contributed by atoms with E-state index in [-0.39, 0.29) is 0 Å². The fraction of sp³-hybridized carbons (Fsp3) is 0.200. The maximum Gasteiger partial charge on any atom is 0.148 e. The molecule has 0 aliphatic heterocycles. The van der Waals surface area contributed by atoms with Crippen LogP contribution in [0.3, 0.4) is 0 Å². The Hall–Kier alpha value is 0.200. The van der Waals surface area contributed by atoms with Gasteiger partial charge in [-0.3, -0.25) is 0 Å². The van der Waals surface area contributed by atoms with E-state index in [1.165, 1.54) is 0 Å². The molecule has 0 unspecified atom stereocenters. The van der Waals surface area contributed by atoms with Gasteiger partial charge in [-0.05, 0) is 56.5 Å². The molecule has 0 N–H and O–H groups in total. The van der Waals surface area contributed by atoms with Crippen LogP contribution in [0.4, 0.5) is 0 Å². The van der Waals surface area contributed by atoms with E-state index in [0.29, 0.717) is 6.61 Å². The largest absolute Gasteiger partial charge is 0.487 e. The van der Waals surface area contributed by atoms with Gasteiger partial charge in [0, 0.05) is 4.47 Å². The van der Waals surface area contributed by atoms with Crippen molar-refractivity contribution in [3.05, 3.63) is 37.7 Å². The average molecular weight is 385 g/mol. The first-order chi connectivity index (χ1) is 6.50. The van der Waals surface area contributed by atoms with Gasteiger partial charge in [0.2, 0.25) is 0 Å². The minimum Gasteiger partial charge on any atom is -0.487 e. The minimum atomic E-state index is 0.527. The number of rotatable bonds is 3. The zero-order chi connectivity index (χ0) is 10.7. The van der Waals surface area contributed by atoms with Crippen molar-refractivity contribution >= 4 is 47.8 Å². The molecule has 1 nitrogen and oxygen atoms in total. The maximum absolute atomic E-state index is 5.57. The Bertz CT molecular complexity index is 337. The van der Waals surface area contributed by atoms with Crippen LogP contribution in [0.25, 0.3) is 0 Å². The van der Waals surface area contributed by atoms with Gasteiger partial charge in [0.1, 0.15) is 12.4 Å². The molecular formula is C10H9Br3O. The predicted octanol–water partition coefficient (Wildman–Crippen LogP) is 4.93. The van der Waals surface area contributed by atoms with Gasteiger partial charge in [0.25, 0.3) is 0 Å². The van der Waals surface area contributed by atoms with Crippen LogP contribution in [-0.2, 0) is 0 Å². The summed E-state index contributed by atoms with van der Waals surface area (Å²) in [6, 6.07) is 3.89. The van der Waals surface area contributed by atoms with Gasteiger partial charge in [-0.1, -0.05) is 22.5 Å². The number of hydrogen-bond donors (Lipinski definition) is 0. The van der Waals surface area contributed by atoms with Crippen molar-refractivity contribution < 1.29 is 4.74 Å². The molecule has 76 valence electrons. The summed E-state index contributed by atoms with van der Waals surface area (Å²) in [5.41, 5.74) is 0.992. The Labute approximate surface area is 109 Å². The normalized spacial score (nSPS) is 10.0. The lowest BCUT2D eigenvalue weighted by atomic mass is 10.3. The highest BCUT2D eigenvalue weighted by Crippen LogP contribution is 2.36. The van der Waals surface area contributed by atoms with Crippen LogP contribution in [0.15, 0.2) is 37.7 Å². The molecule has 0 heterocycles. The average Bonchev–Trinajstić information content (AvgIpc) is 2.01. The molecule has 0 amide bonds. The van der Waals surface area contributed by atoms with Crippen molar-refractivity contribution in [3.8, 4) is 5.75 Å². The first-order valence-electron chi connectivity index (χ1n) is 3.92. The molecule has 0 aliphatic rings. The van der Waals surface area contributed by atoms with Gasteiger partial charge >= 0.3 is 0 Å². The summed E-state index contributed by atoms with van der Waals surface area (Å²) < 4.78 is 8.40. The summed E-state index contributed by atoms with van der Waals surface area (Å²) in [4.78, 5) is 0.